The molecular formula is C22H22N5O2PS4. The van der Waals surface area contributed by atoms with Gasteiger partial charge in [0.2, 0.25) is 5.17 Å². The van der Waals surface area contributed by atoms with Gasteiger partial charge in [-0.3, -0.25) is 0 Å². The summed E-state index contributed by atoms with van der Waals surface area (Å²) >= 11 is 9.22. The van der Waals surface area contributed by atoms with Gasteiger partial charge in [-0.2, -0.15) is 14.4 Å². The Bertz CT molecular complexity index is 1340. The van der Waals surface area contributed by atoms with Gasteiger partial charge in [-0.1, -0.05) is 41.2 Å². The van der Waals surface area contributed by atoms with Gasteiger partial charge in [0.15, 0.2) is 21.8 Å². The zero-order valence-electron chi connectivity index (χ0n) is 18.6. The van der Waals surface area contributed by atoms with Gasteiger partial charge >= 0.3 is 0 Å². The van der Waals surface area contributed by atoms with E-state index in [9.17, 15) is 8.42 Å². The number of para-hydroxylation sites is 1. The molecule has 0 spiro atoms. The first-order valence-electron chi connectivity index (χ1n) is 10.0. The highest BCUT2D eigenvalue weighted by Crippen LogP contribution is 2.68. The normalized spacial score (nSPS) is 20.3. The third kappa shape index (κ3) is 5.45. The highest BCUT2D eigenvalue weighted by Gasteiger charge is 2.45. The van der Waals surface area contributed by atoms with E-state index in [4.69, 9.17) is 17.0 Å². The number of rotatable bonds is 6. The molecule has 12 heteroatoms. The number of anilines is 1. The van der Waals surface area contributed by atoms with Gasteiger partial charge in [0, 0.05) is 20.4 Å². The van der Waals surface area contributed by atoms with E-state index in [1.54, 1.807) is 41.8 Å². The molecule has 1 aliphatic heterocycles. The SMILES string of the molecule is CN(C)[P+]1([S-])N=C(c2cccs2)S/C(=N/N=C/c2ccc(S(C)(=O)=O)cc2)N1c1ccccc1. The van der Waals surface area contributed by atoms with Crippen LogP contribution < -0.4 is 4.67 Å². The van der Waals surface area contributed by atoms with E-state index >= 15 is 0 Å². The van der Waals surface area contributed by atoms with Crippen molar-refractivity contribution in [2.24, 2.45) is 15.0 Å². The molecule has 0 bridgehead atoms. The number of benzene rings is 2. The third-order valence-electron chi connectivity index (χ3n) is 4.76. The van der Waals surface area contributed by atoms with Crippen molar-refractivity contribution in [3.05, 3.63) is 82.6 Å². The Morgan fingerprint density at radius 3 is 2.35 bits per heavy atom. The monoisotopic (exact) mass is 547 g/mol. The van der Waals surface area contributed by atoms with Gasteiger partial charge in [-0.25, -0.2) is 8.42 Å². The first-order chi connectivity index (χ1) is 16.2. The fraction of sp³-hybridized carbons (Fsp3) is 0.136. The average molecular weight is 548 g/mol. The molecule has 34 heavy (non-hydrogen) atoms. The molecule has 1 aromatic heterocycles. The van der Waals surface area contributed by atoms with Crippen LogP contribution in [-0.4, -0.2) is 49.9 Å². The van der Waals surface area contributed by atoms with Crippen LogP contribution in [0.2, 0.25) is 0 Å². The molecule has 0 saturated heterocycles. The average Bonchev–Trinajstić information content (AvgIpc) is 3.34. The molecule has 0 fully saturated rings. The number of thioether (sulfide) groups is 1. The van der Waals surface area contributed by atoms with Crippen molar-refractivity contribution in [1.29, 1.82) is 0 Å². The smallest absolute Gasteiger partial charge is 0.231 e. The zero-order valence-corrected chi connectivity index (χ0v) is 22.8. The Kier molecular flexibility index (Phi) is 7.61. The first-order valence-corrected chi connectivity index (χ1v) is 16.3. The number of hydrogen-bond acceptors (Lipinski definition) is 9. The van der Waals surface area contributed by atoms with Gasteiger partial charge in [0.1, 0.15) is 0 Å². The van der Waals surface area contributed by atoms with E-state index in [0.717, 1.165) is 21.2 Å². The number of hydrogen-bond donors (Lipinski definition) is 0. The van der Waals surface area contributed by atoms with Crippen molar-refractivity contribution >= 4 is 74.2 Å². The Hall–Kier alpha value is -2.01. The Labute approximate surface area is 213 Å². The van der Waals surface area contributed by atoms with E-state index < -0.39 is 16.8 Å². The second-order valence-corrected chi connectivity index (χ2v) is 15.3. The minimum atomic E-state index is -3.25. The van der Waals surface area contributed by atoms with Crippen molar-refractivity contribution in [2.75, 3.05) is 25.0 Å². The molecule has 1 aliphatic rings. The summed E-state index contributed by atoms with van der Waals surface area (Å²) in [6.45, 7) is -2.61. The fourth-order valence-corrected chi connectivity index (χ4v) is 8.93. The lowest BCUT2D eigenvalue weighted by Gasteiger charge is -2.43. The van der Waals surface area contributed by atoms with Gasteiger partial charge in [-0.15, -0.1) is 16.4 Å². The molecule has 7 nitrogen and oxygen atoms in total. The minimum Gasteiger partial charge on any atom is -0.485 e. The summed E-state index contributed by atoms with van der Waals surface area (Å²) < 4.78 is 32.4. The molecule has 3 aromatic rings. The topological polar surface area (TPSA) is 77.7 Å². The minimum absolute atomic E-state index is 0.262. The summed E-state index contributed by atoms with van der Waals surface area (Å²) in [4.78, 5) is 1.29. The van der Waals surface area contributed by atoms with Crippen molar-refractivity contribution in [3.63, 3.8) is 0 Å². The lowest BCUT2D eigenvalue weighted by atomic mass is 10.2. The van der Waals surface area contributed by atoms with Crippen LogP contribution in [0.15, 0.2) is 92.0 Å². The van der Waals surface area contributed by atoms with E-state index in [-0.39, 0.29) is 4.90 Å². The van der Waals surface area contributed by atoms with Crippen LogP contribution in [0.4, 0.5) is 5.69 Å². The van der Waals surface area contributed by atoms with Crippen molar-refractivity contribution in [3.8, 4) is 0 Å². The van der Waals surface area contributed by atoms with Crippen LogP contribution in [-0.2, 0) is 22.1 Å². The molecule has 0 radical (unpaired) electrons. The fourth-order valence-electron chi connectivity index (χ4n) is 3.03. The summed E-state index contributed by atoms with van der Waals surface area (Å²) in [5.74, 6) is 0. The van der Waals surface area contributed by atoms with Crippen molar-refractivity contribution < 1.29 is 8.42 Å². The zero-order chi connectivity index (χ0) is 24.3. The van der Waals surface area contributed by atoms with Gasteiger partial charge in [0.25, 0.3) is 0 Å². The van der Waals surface area contributed by atoms with E-state index in [1.807, 2.05) is 71.3 Å². The summed E-state index contributed by atoms with van der Waals surface area (Å²) in [6, 6.07) is 20.4. The molecule has 2 aromatic carbocycles. The second kappa shape index (κ2) is 10.3. The molecule has 0 saturated carbocycles. The lowest BCUT2D eigenvalue weighted by molar-refractivity contribution is 0.602. The second-order valence-electron chi connectivity index (χ2n) is 7.46. The van der Waals surface area contributed by atoms with Gasteiger partial charge < -0.3 is 12.2 Å². The predicted octanol–water partition coefficient (Wildman–Crippen LogP) is 5.33. The van der Waals surface area contributed by atoms with E-state index in [2.05, 4.69) is 10.2 Å². The Morgan fingerprint density at radius 1 is 1.06 bits per heavy atom. The van der Waals surface area contributed by atoms with Crippen LogP contribution in [0.25, 0.3) is 0 Å². The summed E-state index contributed by atoms with van der Waals surface area (Å²) in [6.07, 6.45) is 2.78. The molecule has 176 valence electrons. The molecule has 4 rings (SSSR count). The summed E-state index contributed by atoms with van der Waals surface area (Å²) in [7, 11) is 0.623. The molecule has 1 unspecified atom stereocenters. The van der Waals surface area contributed by atoms with E-state index in [1.165, 1.54) is 18.0 Å². The predicted molar refractivity (Wildman–Crippen MR) is 150 cm³/mol. The quantitative estimate of drug-likeness (QED) is 0.180. The molecule has 0 N–H and O–H groups in total. The van der Waals surface area contributed by atoms with Gasteiger partial charge in [0.05, 0.1) is 21.7 Å². The van der Waals surface area contributed by atoms with Crippen molar-refractivity contribution in [1.82, 2.24) is 4.67 Å². The number of thiophene rings is 1. The number of nitrogens with zero attached hydrogens (tertiary/aromatic N) is 5. The maximum Gasteiger partial charge on any atom is 0.231 e. The summed E-state index contributed by atoms with van der Waals surface area (Å²) in [5, 5.41) is 12.4. The molecular weight excluding hydrogens is 526 g/mol. The lowest BCUT2D eigenvalue weighted by Crippen LogP contribution is -2.37. The van der Waals surface area contributed by atoms with Crippen molar-refractivity contribution in [2.45, 2.75) is 4.90 Å². The van der Waals surface area contributed by atoms with Crippen LogP contribution in [0.1, 0.15) is 10.4 Å². The first kappa shape index (κ1) is 25.1. The molecule has 2 heterocycles. The largest absolute Gasteiger partial charge is 0.485 e. The Balaban J connectivity index is 1.75. The number of sulfone groups is 1. The standard InChI is InChI=1S/C22H22N5O2PS4/c1-26(2)30(31)25-21(20-10-7-15-32-20)33-22(27(30)18-8-5-4-6-9-18)24-23-16-17-11-13-19(14-12-17)34(3,28)29/h4-16H,1-3H3/b23-16+,24-22+. The van der Waals surface area contributed by atoms with Gasteiger partial charge in [-0.05, 0) is 53.0 Å². The Morgan fingerprint density at radius 2 is 1.76 bits per heavy atom. The highest BCUT2D eigenvalue weighted by molar-refractivity contribution is 8.44. The van der Waals surface area contributed by atoms with Crippen LogP contribution >= 0.6 is 30.0 Å². The molecule has 0 amide bonds. The van der Waals surface area contributed by atoms with Crippen LogP contribution in [0.3, 0.4) is 0 Å². The number of amidine groups is 1. The van der Waals surface area contributed by atoms with E-state index in [0.29, 0.717) is 5.17 Å². The summed E-state index contributed by atoms with van der Waals surface area (Å²) in [5.41, 5.74) is 1.63. The van der Waals surface area contributed by atoms with Crippen LogP contribution in [0, 0.1) is 0 Å². The highest BCUT2D eigenvalue weighted by atomic mass is 32.7. The van der Waals surface area contributed by atoms with Crippen LogP contribution in [0.5, 0.6) is 0 Å². The maximum atomic E-state index is 11.7. The third-order valence-corrected chi connectivity index (χ3v) is 12.3. The maximum absolute atomic E-state index is 11.7. The molecule has 0 aliphatic carbocycles. The molecule has 1 atom stereocenters.